The van der Waals surface area contributed by atoms with Gasteiger partial charge in [0.05, 0.1) is 17.5 Å². The Bertz CT molecular complexity index is 1150. The van der Waals surface area contributed by atoms with E-state index in [2.05, 4.69) is 20.1 Å². The third kappa shape index (κ3) is 4.44. The van der Waals surface area contributed by atoms with Crippen molar-refractivity contribution < 1.29 is 18.0 Å². The molecule has 3 heterocycles. The largest absolute Gasteiger partial charge is 0.416 e. The molecule has 2 atom stereocenters. The summed E-state index contributed by atoms with van der Waals surface area (Å²) in [4.78, 5) is 21.7. The predicted molar refractivity (Wildman–Crippen MR) is 125 cm³/mol. The van der Waals surface area contributed by atoms with Gasteiger partial charge in [0.25, 0.3) is 0 Å². The van der Waals surface area contributed by atoms with Gasteiger partial charge >= 0.3 is 6.18 Å². The van der Waals surface area contributed by atoms with E-state index in [-0.39, 0.29) is 18.4 Å². The number of pyridine rings is 1. The van der Waals surface area contributed by atoms with Crippen LogP contribution in [-0.4, -0.2) is 36.6 Å². The van der Waals surface area contributed by atoms with Crippen LogP contribution in [0.3, 0.4) is 0 Å². The van der Waals surface area contributed by atoms with E-state index in [1.165, 1.54) is 6.07 Å². The van der Waals surface area contributed by atoms with E-state index in [4.69, 9.17) is 0 Å². The normalized spacial score (nSPS) is 19.9. The van der Waals surface area contributed by atoms with Crippen molar-refractivity contribution in [3.05, 3.63) is 89.7 Å². The second-order valence-electron chi connectivity index (χ2n) is 8.77. The van der Waals surface area contributed by atoms with Crippen molar-refractivity contribution >= 4 is 17.3 Å². The number of amides is 1. The lowest BCUT2D eigenvalue weighted by atomic mass is 9.82. The maximum atomic E-state index is 13.4. The van der Waals surface area contributed by atoms with Crippen molar-refractivity contribution in [3.8, 4) is 0 Å². The van der Waals surface area contributed by atoms with Gasteiger partial charge in [-0.1, -0.05) is 18.2 Å². The zero-order valence-electron chi connectivity index (χ0n) is 18.5. The second-order valence-corrected chi connectivity index (χ2v) is 8.77. The number of nitrogens with zero attached hydrogens (tertiary/aromatic N) is 3. The SMILES string of the molecule is O=C(NCc1ccncc1)[C@@H]1Cc2cc(C(F)(F)F)ccc2N2CCN(c3ccccc3)C[C@H]12. The molecule has 0 unspecified atom stereocenters. The summed E-state index contributed by atoms with van der Waals surface area (Å²) in [5.74, 6) is -0.617. The number of aromatic nitrogens is 1. The smallest absolute Gasteiger partial charge is 0.368 e. The van der Waals surface area contributed by atoms with Crippen LogP contribution in [0.4, 0.5) is 24.5 Å². The first-order valence-corrected chi connectivity index (χ1v) is 11.3. The first-order chi connectivity index (χ1) is 16.4. The molecule has 8 heteroatoms. The molecule has 3 aromatic rings. The molecule has 0 spiro atoms. The number of fused-ring (bicyclic) bond motifs is 3. The van der Waals surface area contributed by atoms with Crippen LogP contribution >= 0.6 is 0 Å². The van der Waals surface area contributed by atoms with E-state index in [1.807, 2.05) is 42.5 Å². The third-order valence-electron chi connectivity index (χ3n) is 6.71. The quantitative estimate of drug-likeness (QED) is 0.624. The highest BCUT2D eigenvalue weighted by Crippen LogP contribution is 2.40. The number of halogens is 3. The van der Waals surface area contributed by atoms with Gasteiger partial charge in [-0.2, -0.15) is 13.2 Å². The van der Waals surface area contributed by atoms with Crippen molar-refractivity contribution in [2.45, 2.75) is 25.2 Å². The number of alkyl halides is 3. The molecule has 5 nitrogen and oxygen atoms in total. The fourth-order valence-electron chi connectivity index (χ4n) is 4.99. The molecule has 1 fully saturated rings. The molecule has 0 saturated carbocycles. The fourth-order valence-corrected chi connectivity index (χ4v) is 4.99. The van der Waals surface area contributed by atoms with E-state index in [0.717, 1.165) is 29.5 Å². The zero-order chi connectivity index (χ0) is 23.7. The number of anilines is 2. The number of para-hydroxylation sites is 1. The topological polar surface area (TPSA) is 48.5 Å². The Labute approximate surface area is 196 Å². The Kier molecular flexibility index (Phi) is 5.89. The Morgan fingerprint density at radius 1 is 1.03 bits per heavy atom. The van der Waals surface area contributed by atoms with E-state index in [0.29, 0.717) is 25.2 Å². The Hall–Kier alpha value is -3.55. The molecule has 0 bridgehead atoms. The molecule has 0 aliphatic carbocycles. The number of rotatable bonds is 4. The first kappa shape index (κ1) is 22.3. The summed E-state index contributed by atoms with van der Waals surface area (Å²) in [5.41, 5.74) is 2.69. The van der Waals surface area contributed by atoms with Crippen LogP contribution in [0.25, 0.3) is 0 Å². The molecule has 1 amide bonds. The minimum atomic E-state index is -4.42. The number of hydrogen-bond donors (Lipinski definition) is 1. The van der Waals surface area contributed by atoms with Gasteiger partial charge in [-0.25, -0.2) is 0 Å². The first-order valence-electron chi connectivity index (χ1n) is 11.3. The summed E-state index contributed by atoms with van der Waals surface area (Å²) < 4.78 is 40.2. The van der Waals surface area contributed by atoms with Crippen LogP contribution in [0.15, 0.2) is 73.1 Å². The highest BCUT2D eigenvalue weighted by Gasteiger charge is 2.42. The minimum absolute atomic E-state index is 0.143. The highest BCUT2D eigenvalue weighted by atomic mass is 19.4. The number of piperazine rings is 1. The van der Waals surface area contributed by atoms with E-state index < -0.39 is 17.7 Å². The Balaban J connectivity index is 1.44. The number of hydrogen-bond acceptors (Lipinski definition) is 4. The summed E-state index contributed by atoms with van der Waals surface area (Å²) in [7, 11) is 0. The van der Waals surface area contributed by atoms with E-state index >= 15 is 0 Å². The van der Waals surface area contributed by atoms with Crippen LogP contribution in [0, 0.1) is 5.92 Å². The number of nitrogens with one attached hydrogen (secondary N) is 1. The Morgan fingerprint density at radius 2 is 1.79 bits per heavy atom. The molecular formula is C26H25F3N4O. The van der Waals surface area contributed by atoms with E-state index in [9.17, 15) is 18.0 Å². The molecule has 34 heavy (non-hydrogen) atoms. The molecule has 5 rings (SSSR count). The number of carbonyl (C=O) groups excluding carboxylic acids is 1. The van der Waals surface area contributed by atoms with Crippen molar-refractivity contribution in [1.82, 2.24) is 10.3 Å². The van der Waals surface area contributed by atoms with E-state index in [1.54, 1.807) is 18.5 Å². The molecule has 2 aliphatic heterocycles. The molecule has 176 valence electrons. The van der Waals surface area contributed by atoms with Gasteiger partial charge in [0, 0.05) is 49.9 Å². The molecule has 1 saturated heterocycles. The van der Waals surface area contributed by atoms with Gasteiger partial charge in [0.15, 0.2) is 0 Å². The van der Waals surface area contributed by atoms with Crippen molar-refractivity contribution in [3.63, 3.8) is 0 Å². The van der Waals surface area contributed by atoms with Crippen molar-refractivity contribution in [2.24, 2.45) is 5.92 Å². The molecule has 2 aromatic carbocycles. The van der Waals surface area contributed by atoms with Crippen molar-refractivity contribution in [1.29, 1.82) is 0 Å². The fraction of sp³-hybridized carbons (Fsp3) is 0.308. The van der Waals surface area contributed by atoms with Gasteiger partial charge in [0.1, 0.15) is 0 Å². The summed E-state index contributed by atoms with van der Waals surface area (Å²) in [5, 5.41) is 3.00. The lowest BCUT2D eigenvalue weighted by molar-refractivity contribution is -0.137. The molecule has 1 N–H and O–H groups in total. The van der Waals surface area contributed by atoms with Crippen molar-refractivity contribution in [2.75, 3.05) is 29.4 Å². The zero-order valence-corrected chi connectivity index (χ0v) is 18.5. The lowest BCUT2D eigenvalue weighted by Gasteiger charge is -2.49. The molecule has 1 aromatic heterocycles. The monoisotopic (exact) mass is 466 g/mol. The van der Waals surface area contributed by atoms with Gasteiger partial charge in [-0.3, -0.25) is 9.78 Å². The lowest BCUT2D eigenvalue weighted by Crippen LogP contribution is -2.61. The number of carbonyl (C=O) groups is 1. The molecule has 0 radical (unpaired) electrons. The third-order valence-corrected chi connectivity index (χ3v) is 6.71. The average molecular weight is 467 g/mol. The summed E-state index contributed by atoms with van der Waals surface area (Å²) in [6.45, 7) is 2.33. The van der Waals surface area contributed by atoms with Gasteiger partial charge in [-0.15, -0.1) is 0 Å². The van der Waals surface area contributed by atoms with Crippen LogP contribution in [-0.2, 0) is 23.9 Å². The summed E-state index contributed by atoms with van der Waals surface area (Å²) in [6, 6.07) is 17.4. The van der Waals surface area contributed by atoms with Crippen LogP contribution in [0.5, 0.6) is 0 Å². The van der Waals surface area contributed by atoms with Crippen LogP contribution < -0.4 is 15.1 Å². The van der Waals surface area contributed by atoms with Gasteiger partial charge in [0.2, 0.25) is 5.91 Å². The van der Waals surface area contributed by atoms with Gasteiger partial charge < -0.3 is 15.1 Å². The van der Waals surface area contributed by atoms with Crippen LogP contribution in [0.2, 0.25) is 0 Å². The van der Waals surface area contributed by atoms with Crippen LogP contribution in [0.1, 0.15) is 16.7 Å². The number of benzene rings is 2. The van der Waals surface area contributed by atoms with Gasteiger partial charge in [-0.05, 0) is 60.0 Å². The summed E-state index contributed by atoms with van der Waals surface area (Å²) >= 11 is 0. The standard InChI is InChI=1S/C26H25F3N4O/c27-26(28,29)20-6-7-23-19(14-20)15-22(25(34)31-16-18-8-10-30-11-9-18)24-17-32(12-13-33(23)24)21-4-2-1-3-5-21/h1-11,14,22,24H,12-13,15-17H2,(H,31,34)/t22-,24-/m1/s1. The molecule has 2 aliphatic rings. The summed E-state index contributed by atoms with van der Waals surface area (Å²) in [6.07, 6.45) is -0.822. The highest BCUT2D eigenvalue weighted by molar-refractivity contribution is 5.82. The predicted octanol–water partition coefficient (Wildman–Crippen LogP) is 4.28. The maximum Gasteiger partial charge on any atom is 0.416 e. The second kappa shape index (κ2) is 9.00. The maximum absolute atomic E-state index is 13.4. The average Bonchev–Trinajstić information content (AvgIpc) is 2.86. The molecular weight excluding hydrogens is 441 g/mol. The Morgan fingerprint density at radius 3 is 2.53 bits per heavy atom. The minimum Gasteiger partial charge on any atom is -0.368 e.